The first-order valence-corrected chi connectivity index (χ1v) is 7.51. The van der Waals surface area contributed by atoms with E-state index in [0.29, 0.717) is 0 Å². The summed E-state index contributed by atoms with van der Waals surface area (Å²) in [6.07, 6.45) is 0. The molecule has 6 rings (SSSR count). The van der Waals surface area contributed by atoms with Crippen LogP contribution in [-0.2, 0) is 0 Å². The van der Waals surface area contributed by atoms with E-state index in [1.807, 2.05) is 6.07 Å². The fourth-order valence-corrected chi connectivity index (χ4v) is 4.24. The Morgan fingerprint density at radius 2 is 1.27 bits per heavy atom. The smallest absolute Gasteiger partial charge is 0.187 e. The molecule has 100 valence electrons. The van der Waals surface area contributed by atoms with Gasteiger partial charge in [0, 0.05) is 11.1 Å². The lowest BCUT2D eigenvalue weighted by Crippen LogP contribution is -2.03. The van der Waals surface area contributed by atoms with E-state index in [2.05, 4.69) is 48.5 Å². The van der Waals surface area contributed by atoms with Gasteiger partial charge < -0.3 is 0 Å². The summed E-state index contributed by atoms with van der Waals surface area (Å²) < 4.78 is 0. The van der Waals surface area contributed by atoms with Crippen molar-refractivity contribution in [1.29, 1.82) is 0 Å². The molecule has 4 aromatic rings. The topological polar surface area (TPSA) is 17.1 Å². The second kappa shape index (κ2) is 3.28. The number of fused-ring (bicyclic) bond motifs is 1. The van der Waals surface area contributed by atoms with Gasteiger partial charge in [-0.05, 0) is 55.2 Å². The highest BCUT2D eigenvalue weighted by atomic mass is 16.1. The zero-order valence-electron chi connectivity index (χ0n) is 11.7. The molecule has 22 heavy (non-hydrogen) atoms. The second-order valence-electron chi connectivity index (χ2n) is 6.14. The summed E-state index contributed by atoms with van der Waals surface area (Å²) >= 11 is 0. The van der Waals surface area contributed by atoms with Crippen molar-refractivity contribution in [1.82, 2.24) is 0 Å². The molecule has 0 saturated heterocycles. The molecule has 0 radical (unpaired) electrons. The molecule has 0 spiro atoms. The van der Waals surface area contributed by atoms with E-state index in [1.165, 1.54) is 37.7 Å². The Kier molecular flexibility index (Phi) is 1.60. The van der Waals surface area contributed by atoms with Crippen LogP contribution in [-0.4, -0.2) is 0 Å². The number of benzene rings is 5. The van der Waals surface area contributed by atoms with Crippen LogP contribution in [0.2, 0.25) is 0 Å². The number of hydrogen-bond donors (Lipinski definition) is 0. The third-order valence-corrected chi connectivity index (χ3v) is 5.09. The third kappa shape index (κ3) is 1.01. The summed E-state index contributed by atoms with van der Waals surface area (Å²) in [5.41, 5.74) is 2.14. The fraction of sp³-hybridized carbons (Fsp3) is 0. The van der Waals surface area contributed by atoms with Crippen LogP contribution in [0.15, 0.2) is 65.5 Å². The highest BCUT2D eigenvalue weighted by molar-refractivity contribution is 6.36. The summed E-state index contributed by atoms with van der Waals surface area (Å²) in [5.74, 6) is 0. The molecule has 0 bridgehead atoms. The largest absolute Gasteiger partial charge is 0.289 e. The molecule has 0 fully saturated rings. The second-order valence-corrected chi connectivity index (χ2v) is 6.14. The maximum absolute atomic E-state index is 12.5. The number of rotatable bonds is 0. The van der Waals surface area contributed by atoms with Gasteiger partial charge in [0.05, 0.1) is 0 Å². The molecule has 0 aromatic heterocycles. The standard InChI is InChI=1S/C21H10O/c22-17-10-12-4-2-6-15-14-5-1-3-11-7-8-13-9-16(17)21(19(12)15)20(13)18(11)14/h1-10H. The molecule has 0 atom stereocenters. The Labute approximate surface area is 125 Å². The van der Waals surface area contributed by atoms with E-state index < -0.39 is 0 Å². The quantitative estimate of drug-likeness (QED) is 0.280. The summed E-state index contributed by atoms with van der Waals surface area (Å²) in [6, 6.07) is 20.9. The Hall–Kier alpha value is -2.93. The van der Waals surface area contributed by atoms with E-state index in [0.717, 1.165) is 16.5 Å². The van der Waals surface area contributed by atoms with Gasteiger partial charge in [-0.15, -0.1) is 0 Å². The lowest BCUT2D eigenvalue weighted by atomic mass is 9.87. The highest BCUT2D eigenvalue weighted by Crippen LogP contribution is 2.47. The van der Waals surface area contributed by atoms with E-state index in [9.17, 15) is 4.79 Å². The van der Waals surface area contributed by atoms with E-state index in [4.69, 9.17) is 0 Å². The van der Waals surface area contributed by atoms with Crippen LogP contribution in [0.4, 0.5) is 0 Å². The van der Waals surface area contributed by atoms with Gasteiger partial charge in [-0.2, -0.15) is 0 Å². The van der Waals surface area contributed by atoms with Gasteiger partial charge in [-0.25, -0.2) is 0 Å². The average molecular weight is 278 g/mol. The molecule has 0 heterocycles. The monoisotopic (exact) mass is 278 g/mol. The minimum atomic E-state index is 0.128. The minimum absolute atomic E-state index is 0.128. The van der Waals surface area contributed by atoms with Crippen LogP contribution in [0, 0.1) is 0 Å². The molecule has 0 saturated carbocycles. The molecule has 0 amide bonds. The van der Waals surface area contributed by atoms with Gasteiger partial charge in [0.15, 0.2) is 5.43 Å². The van der Waals surface area contributed by atoms with Crippen molar-refractivity contribution in [3.05, 3.63) is 70.9 Å². The zero-order valence-corrected chi connectivity index (χ0v) is 11.7. The summed E-state index contributed by atoms with van der Waals surface area (Å²) in [4.78, 5) is 12.5. The van der Waals surface area contributed by atoms with Crippen molar-refractivity contribution >= 4 is 43.1 Å². The fourth-order valence-electron chi connectivity index (χ4n) is 4.24. The van der Waals surface area contributed by atoms with Crippen LogP contribution in [0.25, 0.3) is 54.2 Å². The average Bonchev–Trinajstić information content (AvgIpc) is 2.95. The van der Waals surface area contributed by atoms with E-state index >= 15 is 0 Å². The van der Waals surface area contributed by atoms with Gasteiger partial charge in [-0.1, -0.05) is 48.5 Å². The van der Waals surface area contributed by atoms with Crippen LogP contribution in [0.3, 0.4) is 0 Å². The van der Waals surface area contributed by atoms with Crippen molar-refractivity contribution < 1.29 is 0 Å². The molecule has 1 heteroatoms. The lowest BCUT2D eigenvalue weighted by molar-refractivity contribution is 1.65. The van der Waals surface area contributed by atoms with Crippen LogP contribution >= 0.6 is 0 Å². The maximum Gasteiger partial charge on any atom is 0.187 e. The Bertz CT molecular complexity index is 1330. The molecule has 0 unspecified atom stereocenters. The molecule has 0 aliphatic heterocycles. The summed E-state index contributed by atoms with van der Waals surface area (Å²) in [5, 5.41) is 9.79. The predicted molar refractivity (Wildman–Crippen MR) is 92.9 cm³/mol. The molecule has 2 aliphatic carbocycles. The van der Waals surface area contributed by atoms with Gasteiger partial charge in [0.25, 0.3) is 0 Å². The van der Waals surface area contributed by atoms with Crippen molar-refractivity contribution in [2.24, 2.45) is 0 Å². The van der Waals surface area contributed by atoms with Gasteiger partial charge in [0.1, 0.15) is 0 Å². The SMILES string of the molecule is O=c1cc2cccc3c4cccc5ccc6cc1-c(c23)c6c54. The van der Waals surface area contributed by atoms with Crippen LogP contribution < -0.4 is 5.43 Å². The van der Waals surface area contributed by atoms with Crippen molar-refractivity contribution in [2.45, 2.75) is 0 Å². The maximum atomic E-state index is 12.5. The molecular weight excluding hydrogens is 268 g/mol. The third-order valence-electron chi connectivity index (χ3n) is 5.09. The van der Waals surface area contributed by atoms with E-state index in [-0.39, 0.29) is 5.43 Å². The van der Waals surface area contributed by atoms with Gasteiger partial charge >= 0.3 is 0 Å². The Morgan fingerprint density at radius 1 is 0.591 bits per heavy atom. The lowest BCUT2D eigenvalue weighted by Gasteiger charge is -2.15. The first kappa shape index (κ1) is 10.7. The zero-order chi connectivity index (χ0) is 14.4. The molecule has 0 N–H and O–H groups in total. The molecule has 1 nitrogen and oxygen atoms in total. The van der Waals surface area contributed by atoms with Gasteiger partial charge in [-0.3, -0.25) is 4.79 Å². The first-order valence-electron chi connectivity index (χ1n) is 7.51. The Morgan fingerprint density at radius 3 is 2.14 bits per heavy atom. The first-order chi connectivity index (χ1) is 10.8. The minimum Gasteiger partial charge on any atom is -0.289 e. The summed E-state index contributed by atoms with van der Waals surface area (Å²) in [7, 11) is 0. The molecule has 2 aliphatic rings. The highest BCUT2D eigenvalue weighted by Gasteiger charge is 2.23. The van der Waals surface area contributed by atoms with Crippen LogP contribution in [0.5, 0.6) is 0 Å². The molecule has 4 aromatic carbocycles. The van der Waals surface area contributed by atoms with Crippen molar-refractivity contribution in [2.75, 3.05) is 0 Å². The van der Waals surface area contributed by atoms with Crippen molar-refractivity contribution in [3.8, 4) is 11.1 Å². The Balaban J connectivity index is 2.20. The normalized spacial score (nSPS) is 12.7. The van der Waals surface area contributed by atoms with Crippen LogP contribution in [0.1, 0.15) is 0 Å². The summed E-state index contributed by atoms with van der Waals surface area (Å²) in [6.45, 7) is 0. The predicted octanol–water partition coefficient (Wildman–Crippen LogP) is 5.08. The molecular formula is C21H10O. The van der Waals surface area contributed by atoms with Crippen molar-refractivity contribution in [3.63, 3.8) is 0 Å². The van der Waals surface area contributed by atoms with Gasteiger partial charge in [0.2, 0.25) is 0 Å². The van der Waals surface area contributed by atoms with E-state index in [1.54, 1.807) is 6.07 Å². The number of hydrogen-bond acceptors (Lipinski definition) is 1.